The van der Waals surface area contributed by atoms with Crippen molar-refractivity contribution < 1.29 is 4.74 Å². The van der Waals surface area contributed by atoms with Gasteiger partial charge in [0.15, 0.2) is 0 Å². The number of nitrogens with one attached hydrogen (secondary N) is 1. The van der Waals surface area contributed by atoms with E-state index in [0.717, 1.165) is 12.3 Å². The van der Waals surface area contributed by atoms with Crippen LogP contribution in [0.1, 0.15) is 32.4 Å². The molecule has 0 saturated carbocycles. The maximum atomic E-state index is 6.01. The van der Waals surface area contributed by atoms with E-state index in [0.29, 0.717) is 17.0 Å². The van der Waals surface area contributed by atoms with Crippen molar-refractivity contribution in [2.45, 2.75) is 26.8 Å². The zero-order chi connectivity index (χ0) is 12.1. The van der Waals surface area contributed by atoms with Gasteiger partial charge in [-0.25, -0.2) is 0 Å². The van der Waals surface area contributed by atoms with E-state index in [-0.39, 0.29) is 0 Å². The average molecular weight is 242 g/mol. The van der Waals surface area contributed by atoms with E-state index in [1.54, 1.807) is 7.11 Å². The fourth-order valence-corrected chi connectivity index (χ4v) is 2.02. The molecule has 0 aromatic heterocycles. The first kappa shape index (κ1) is 13.3. The van der Waals surface area contributed by atoms with E-state index in [1.165, 1.54) is 5.56 Å². The quantitative estimate of drug-likeness (QED) is 0.850. The van der Waals surface area contributed by atoms with Crippen LogP contribution in [-0.4, -0.2) is 13.7 Å². The maximum Gasteiger partial charge on any atom is 0.137 e. The third-order valence-electron chi connectivity index (χ3n) is 2.62. The molecule has 16 heavy (non-hydrogen) atoms. The van der Waals surface area contributed by atoms with E-state index in [1.807, 2.05) is 12.1 Å². The molecule has 0 bridgehead atoms. The summed E-state index contributed by atoms with van der Waals surface area (Å²) in [6.07, 6.45) is 0. The van der Waals surface area contributed by atoms with Gasteiger partial charge in [0, 0.05) is 6.04 Å². The summed E-state index contributed by atoms with van der Waals surface area (Å²) in [6, 6.07) is 6.30. The van der Waals surface area contributed by atoms with E-state index in [4.69, 9.17) is 16.3 Å². The van der Waals surface area contributed by atoms with Gasteiger partial charge in [-0.2, -0.15) is 0 Å². The first-order valence-electron chi connectivity index (χ1n) is 5.67. The molecule has 3 heteroatoms. The molecule has 90 valence electrons. The lowest BCUT2D eigenvalue weighted by molar-refractivity contribution is 0.403. The Morgan fingerprint density at radius 1 is 1.38 bits per heavy atom. The first-order chi connectivity index (χ1) is 7.60. The summed E-state index contributed by atoms with van der Waals surface area (Å²) in [5.74, 6) is 1.27. The molecule has 0 fully saturated rings. The Morgan fingerprint density at radius 2 is 2.06 bits per heavy atom. The first-order valence-corrected chi connectivity index (χ1v) is 6.04. The van der Waals surface area contributed by atoms with Crippen molar-refractivity contribution in [1.29, 1.82) is 0 Å². The second-order valence-corrected chi connectivity index (χ2v) is 4.58. The Bertz CT molecular complexity index is 339. The summed E-state index contributed by atoms with van der Waals surface area (Å²) >= 11 is 6.01. The molecule has 0 heterocycles. The number of hydrogen-bond donors (Lipinski definition) is 1. The molecule has 1 atom stereocenters. The highest BCUT2D eigenvalue weighted by atomic mass is 35.5. The number of methoxy groups -OCH3 is 1. The molecule has 1 unspecified atom stereocenters. The Hall–Kier alpha value is -0.730. The second-order valence-electron chi connectivity index (χ2n) is 4.17. The molecule has 0 aliphatic heterocycles. The highest BCUT2D eigenvalue weighted by Gasteiger charge is 2.15. The van der Waals surface area contributed by atoms with Crippen molar-refractivity contribution in [2.24, 2.45) is 5.92 Å². The number of halogens is 1. The van der Waals surface area contributed by atoms with Gasteiger partial charge < -0.3 is 10.1 Å². The molecule has 0 aliphatic carbocycles. The Kier molecular flexibility index (Phi) is 5.10. The largest absolute Gasteiger partial charge is 0.495 e. The molecule has 0 aliphatic rings. The zero-order valence-electron chi connectivity index (χ0n) is 10.4. The summed E-state index contributed by atoms with van der Waals surface area (Å²) in [5.41, 5.74) is 1.22. The zero-order valence-corrected chi connectivity index (χ0v) is 11.1. The summed E-state index contributed by atoms with van der Waals surface area (Å²) in [5, 5.41) is 4.13. The lowest BCUT2D eigenvalue weighted by Crippen LogP contribution is -2.25. The van der Waals surface area contributed by atoms with Crippen molar-refractivity contribution in [2.75, 3.05) is 13.7 Å². The minimum absolute atomic E-state index is 0.344. The van der Waals surface area contributed by atoms with Gasteiger partial charge in [0.1, 0.15) is 5.75 Å². The highest BCUT2D eigenvalue weighted by molar-refractivity contribution is 6.32. The maximum absolute atomic E-state index is 6.01. The van der Waals surface area contributed by atoms with Gasteiger partial charge in [0.2, 0.25) is 0 Å². The minimum atomic E-state index is 0.344. The molecule has 1 aromatic rings. The Balaban J connectivity index is 3.00. The van der Waals surface area contributed by atoms with Crippen LogP contribution in [0.25, 0.3) is 0 Å². The van der Waals surface area contributed by atoms with Gasteiger partial charge >= 0.3 is 0 Å². The third kappa shape index (κ3) is 3.13. The molecule has 0 radical (unpaired) electrons. The average Bonchev–Trinajstić information content (AvgIpc) is 2.26. The van der Waals surface area contributed by atoms with Crippen molar-refractivity contribution in [3.05, 3.63) is 28.8 Å². The standard InChI is InChI=1S/C13H20ClNO/c1-5-15-13(9(2)3)10-6-7-11(14)12(8-10)16-4/h6-9,13,15H,5H2,1-4H3. The molecule has 1 N–H and O–H groups in total. The fraction of sp³-hybridized carbons (Fsp3) is 0.538. The van der Waals surface area contributed by atoms with Gasteiger partial charge in [0.25, 0.3) is 0 Å². The topological polar surface area (TPSA) is 21.3 Å². The Labute approximate surface area is 103 Å². The van der Waals surface area contributed by atoms with Crippen molar-refractivity contribution in [1.82, 2.24) is 5.32 Å². The smallest absolute Gasteiger partial charge is 0.137 e. The van der Waals surface area contributed by atoms with Crippen LogP contribution in [0.15, 0.2) is 18.2 Å². The van der Waals surface area contributed by atoms with E-state index < -0.39 is 0 Å². The molecular weight excluding hydrogens is 222 g/mol. The second kappa shape index (κ2) is 6.12. The lowest BCUT2D eigenvalue weighted by atomic mass is 9.96. The summed E-state index contributed by atoms with van der Waals surface area (Å²) < 4.78 is 5.23. The fourth-order valence-electron chi connectivity index (χ4n) is 1.83. The molecule has 1 rings (SSSR count). The van der Waals surface area contributed by atoms with Gasteiger partial charge in [-0.1, -0.05) is 38.4 Å². The van der Waals surface area contributed by atoms with Gasteiger partial charge in [-0.15, -0.1) is 0 Å². The number of hydrogen-bond acceptors (Lipinski definition) is 2. The SMILES string of the molecule is CCNC(c1ccc(Cl)c(OC)c1)C(C)C. The van der Waals surface area contributed by atoms with E-state index in [9.17, 15) is 0 Å². The van der Waals surface area contributed by atoms with Gasteiger partial charge in [-0.05, 0) is 30.2 Å². The number of ether oxygens (including phenoxy) is 1. The van der Waals surface area contributed by atoms with Crippen LogP contribution in [0.2, 0.25) is 5.02 Å². The van der Waals surface area contributed by atoms with E-state index >= 15 is 0 Å². The van der Waals surface area contributed by atoms with Crippen LogP contribution in [0, 0.1) is 5.92 Å². The predicted octanol–water partition coefficient (Wildman–Crippen LogP) is 3.66. The summed E-state index contributed by atoms with van der Waals surface area (Å²) in [7, 11) is 1.64. The van der Waals surface area contributed by atoms with Gasteiger partial charge in [-0.3, -0.25) is 0 Å². The monoisotopic (exact) mass is 241 g/mol. The number of benzene rings is 1. The van der Waals surface area contributed by atoms with E-state index in [2.05, 4.69) is 32.2 Å². The Morgan fingerprint density at radius 3 is 2.56 bits per heavy atom. The van der Waals surface area contributed by atoms with Crippen LogP contribution in [0.3, 0.4) is 0 Å². The number of rotatable bonds is 5. The van der Waals surface area contributed by atoms with Crippen molar-refractivity contribution in [3.8, 4) is 5.75 Å². The molecule has 0 spiro atoms. The van der Waals surface area contributed by atoms with Crippen LogP contribution in [-0.2, 0) is 0 Å². The van der Waals surface area contributed by atoms with Crippen LogP contribution >= 0.6 is 11.6 Å². The molecule has 2 nitrogen and oxygen atoms in total. The lowest BCUT2D eigenvalue weighted by Gasteiger charge is -2.22. The molecule has 1 aromatic carbocycles. The summed E-state index contributed by atoms with van der Waals surface area (Å²) in [6.45, 7) is 7.47. The predicted molar refractivity (Wildman–Crippen MR) is 69.3 cm³/mol. The molecular formula is C13H20ClNO. The van der Waals surface area contributed by atoms with Crippen molar-refractivity contribution in [3.63, 3.8) is 0 Å². The minimum Gasteiger partial charge on any atom is -0.495 e. The molecule has 0 saturated heterocycles. The van der Waals surface area contributed by atoms with Crippen LogP contribution in [0.5, 0.6) is 5.75 Å². The summed E-state index contributed by atoms with van der Waals surface area (Å²) in [4.78, 5) is 0. The van der Waals surface area contributed by atoms with Crippen molar-refractivity contribution >= 4 is 11.6 Å². The van der Waals surface area contributed by atoms with Gasteiger partial charge in [0.05, 0.1) is 12.1 Å². The molecule has 0 amide bonds. The highest BCUT2D eigenvalue weighted by Crippen LogP contribution is 2.30. The third-order valence-corrected chi connectivity index (χ3v) is 2.94. The van der Waals surface area contributed by atoms with Crippen LogP contribution in [0.4, 0.5) is 0 Å². The van der Waals surface area contributed by atoms with Crippen LogP contribution < -0.4 is 10.1 Å². The normalized spacial score (nSPS) is 12.9.